The number of benzene rings is 1. The van der Waals surface area contributed by atoms with Crippen LogP contribution in [0.2, 0.25) is 5.02 Å². The third-order valence-electron chi connectivity index (χ3n) is 3.42. The molecule has 0 saturated heterocycles. The van der Waals surface area contributed by atoms with Gasteiger partial charge in [0.1, 0.15) is 5.82 Å². The van der Waals surface area contributed by atoms with Crippen molar-refractivity contribution in [3.05, 3.63) is 38.6 Å². The first kappa shape index (κ1) is 16.8. The van der Waals surface area contributed by atoms with Crippen molar-refractivity contribution in [2.24, 2.45) is 0 Å². The second-order valence-corrected chi connectivity index (χ2v) is 8.55. The summed E-state index contributed by atoms with van der Waals surface area (Å²) in [5, 5.41) is 7.37. The van der Waals surface area contributed by atoms with E-state index in [0.29, 0.717) is 16.9 Å². The van der Waals surface area contributed by atoms with Crippen molar-refractivity contribution in [2.45, 2.75) is 45.1 Å². The second-order valence-electron chi connectivity index (χ2n) is 6.90. The maximum Gasteiger partial charge on any atom is 0.225 e. The third-order valence-corrected chi connectivity index (χ3v) is 4.41. The molecule has 0 unspecified atom stereocenters. The highest BCUT2D eigenvalue weighted by molar-refractivity contribution is 14.1. The summed E-state index contributed by atoms with van der Waals surface area (Å²) in [6, 6.07) is 7.95. The van der Waals surface area contributed by atoms with Gasteiger partial charge in [0.2, 0.25) is 5.95 Å². The van der Waals surface area contributed by atoms with Gasteiger partial charge in [0, 0.05) is 21.1 Å². The first-order valence-electron chi connectivity index (χ1n) is 7.69. The lowest BCUT2D eigenvalue weighted by Gasteiger charge is -2.21. The molecule has 6 heteroatoms. The van der Waals surface area contributed by atoms with Crippen molar-refractivity contribution in [3.63, 3.8) is 0 Å². The molecule has 122 valence electrons. The average Bonchev–Trinajstić information content (AvgIpc) is 3.24. The average molecular weight is 443 g/mol. The molecule has 0 spiro atoms. The fraction of sp³-hybridized carbons (Fsp3) is 0.412. The fourth-order valence-corrected chi connectivity index (χ4v) is 3.14. The lowest BCUT2D eigenvalue weighted by molar-refractivity contribution is 0.625. The SMILES string of the molecule is CC(C)(C)Nc1nc(Nc2ccc(I)cc2Cl)cc(C2CC2)n1. The van der Waals surface area contributed by atoms with Crippen molar-refractivity contribution in [3.8, 4) is 0 Å². The monoisotopic (exact) mass is 442 g/mol. The van der Waals surface area contributed by atoms with Crippen LogP contribution in [-0.2, 0) is 0 Å². The molecule has 0 bridgehead atoms. The summed E-state index contributed by atoms with van der Waals surface area (Å²) in [7, 11) is 0. The molecule has 1 aliphatic rings. The minimum Gasteiger partial charge on any atom is -0.350 e. The Balaban J connectivity index is 1.91. The molecule has 0 aliphatic heterocycles. The summed E-state index contributed by atoms with van der Waals surface area (Å²) in [4.78, 5) is 9.26. The Bertz CT molecular complexity index is 723. The van der Waals surface area contributed by atoms with Crippen LogP contribution in [0, 0.1) is 3.57 Å². The standard InChI is InChI=1S/C17H20ClIN4/c1-17(2,3)23-16-21-14(10-4-5-10)9-15(22-16)20-13-7-6-11(19)8-12(13)18/h6-10H,4-5H2,1-3H3,(H2,20,21,22,23). The Hall–Kier alpha value is -1.08. The first-order valence-corrected chi connectivity index (χ1v) is 9.15. The van der Waals surface area contributed by atoms with Crippen LogP contribution in [0.25, 0.3) is 0 Å². The highest BCUT2D eigenvalue weighted by Crippen LogP contribution is 2.40. The number of hydrogen-bond donors (Lipinski definition) is 2. The first-order chi connectivity index (χ1) is 10.8. The van der Waals surface area contributed by atoms with Gasteiger partial charge in [0.25, 0.3) is 0 Å². The molecule has 0 atom stereocenters. The molecule has 1 saturated carbocycles. The maximum absolute atomic E-state index is 6.31. The summed E-state index contributed by atoms with van der Waals surface area (Å²) in [6.45, 7) is 6.30. The summed E-state index contributed by atoms with van der Waals surface area (Å²) >= 11 is 8.56. The van der Waals surface area contributed by atoms with Crippen molar-refractivity contribution in [1.29, 1.82) is 0 Å². The number of anilines is 3. The van der Waals surface area contributed by atoms with E-state index in [4.69, 9.17) is 11.6 Å². The number of halogens is 2. The van der Waals surface area contributed by atoms with Gasteiger partial charge in [-0.15, -0.1) is 0 Å². The number of aromatic nitrogens is 2. The van der Waals surface area contributed by atoms with Gasteiger partial charge in [-0.05, 0) is 74.4 Å². The zero-order valence-corrected chi connectivity index (χ0v) is 16.4. The molecular formula is C17H20ClIN4. The Labute approximate surface area is 155 Å². The van der Waals surface area contributed by atoms with Crippen molar-refractivity contribution < 1.29 is 0 Å². The van der Waals surface area contributed by atoms with Gasteiger partial charge < -0.3 is 10.6 Å². The van der Waals surface area contributed by atoms with Crippen LogP contribution in [0.5, 0.6) is 0 Å². The molecular weight excluding hydrogens is 423 g/mol. The van der Waals surface area contributed by atoms with Gasteiger partial charge >= 0.3 is 0 Å². The Morgan fingerprint density at radius 3 is 2.52 bits per heavy atom. The summed E-state index contributed by atoms with van der Waals surface area (Å²) in [6.07, 6.45) is 2.41. The molecule has 4 nitrogen and oxygen atoms in total. The van der Waals surface area contributed by atoms with Crippen LogP contribution in [0.1, 0.15) is 45.2 Å². The van der Waals surface area contributed by atoms with Crippen molar-refractivity contribution in [2.75, 3.05) is 10.6 Å². The zero-order chi connectivity index (χ0) is 16.6. The van der Waals surface area contributed by atoms with Gasteiger partial charge in [-0.2, -0.15) is 4.98 Å². The molecule has 1 heterocycles. The normalized spacial score (nSPS) is 14.7. The third kappa shape index (κ3) is 4.70. The summed E-state index contributed by atoms with van der Waals surface area (Å²) < 4.78 is 1.11. The minimum atomic E-state index is -0.0834. The highest BCUT2D eigenvalue weighted by atomic mass is 127. The lowest BCUT2D eigenvalue weighted by Crippen LogP contribution is -2.27. The van der Waals surface area contributed by atoms with E-state index in [1.165, 1.54) is 12.8 Å². The van der Waals surface area contributed by atoms with E-state index in [2.05, 4.69) is 64.0 Å². The maximum atomic E-state index is 6.31. The lowest BCUT2D eigenvalue weighted by atomic mass is 10.1. The van der Waals surface area contributed by atoms with Crippen LogP contribution in [0.3, 0.4) is 0 Å². The number of hydrogen-bond acceptors (Lipinski definition) is 4. The van der Waals surface area contributed by atoms with Crippen LogP contribution in [0.4, 0.5) is 17.5 Å². The molecule has 23 heavy (non-hydrogen) atoms. The van der Waals surface area contributed by atoms with Crippen LogP contribution in [-0.4, -0.2) is 15.5 Å². The van der Waals surface area contributed by atoms with Gasteiger partial charge in [-0.25, -0.2) is 4.98 Å². The highest BCUT2D eigenvalue weighted by Gasteiger charge is 2.26. The molecule has 2 aromatic rings. The minimum absolute atomic E-state index is 0.0834. The number of rotatable bonds is 4. The quantitative estimate of drug-likeness (QED) is 0.608. The number of nitrogens with one attached hydrogen (secondary N) is 2. The summed E-state index contributed by atoms with van der Waals surface area (Å²) in [5.41, 5.74) is 1.87. The van der Waals surface area contributed by atoms with Crippen LogP contribution < -0.4 is 10.6 Å². The molecule has 1 aromatic heterocycles. The largest absolute Gasteiger partial charge is 0.350 e. The molecule has 1 aliphatic carbocycles. The Morgan fingerprint density at radius 1 is 1.17 bits per heavy atom. The van der Waals surface area contributed by atoms with E-state index >= 15 is 0 Å². The molecule has 2 N–H and O–H groups in total. The van der Waals surface area contributed by atoms with Crippen LogP contribution >= 0.6 is 34.2 Å². The van der Waals surface area contributed by atoms with Crippen molar-refractivity contribution in [1.82, 2.24) is 9.97 Å². The summed E-state index contributed by atoms with van der Waals surface area (Å²) in [5.74, 6) is 1.99. The Kier molecular flexibility index (Phi) is 4.69. The van der Waals surface area contributed by atoms with Crippen molar-refractivity contribution >= 4 is 51.6 Å². The topological polar surface area (TPSA) is 49.8 Å². The molecule has 0 amide bonds. The van der Waals surface area contributed by atoms with E-state index in [9.17, 15) is 0 Å². The zero-order valence-electron chi connectivity index (χ0n) is 13.5. The Morgan fingerprint density at radius 2 is 1.91 bits per heavy atom. The molecule has 0 radical (unpaired) electrons. The molecule has 3 rings (SSSR count). The van der Waals surface area contributed by atoms with E-state index in [1.807, 2.05) is 24.3 Å². The predicted molar refractivity (Wildman–Crippen MR) is 105 cm³/mol. The molecule has 1 fully saturated rings. The van der Waals surface area contributed by atoms with E-state index in [1.54, 1.807) is 0 Å². The van der Waals surface area contributed by atoms with Gasteiger partial charge in [0.15, 0.2) is 0 Å². The van der Waals surface area contributed by atoms with Gasteiger partial charge in [-0.1, -0.05) is 11.6 Å². The fourth-order valence-electron chi connectivity index (χ4n) is 2.24. The van der Waals surface area contributed by atoms with Gasteiger partial charge in [0.05, 0.1) is 16.4 Å². The predicted octanol–water partition coefficient (Wildman–Crippen LogP) is 5.57. The van der Waals surface area contributed by atoms with E-state index < -0.39 is 0 Å². The smallest absolute Gasteiger partial charge is 0.225 e. The second kappa shape index (κ2) is 6.43. The van der Waals surface area contributed by atoms with Crippen LogP contribution in [0.15, 0.2) is 24.3 Å². The number of nitrogens with zero attached hydrogens (tertiary/aromatic N) is 2. The molecule has 1 aromatic carbocycles. The van der Waals surface area contributed by atoms with Gasteiger partial charge in [-0.3, -0.25) is 0 Å². The van der Waals surface area contributed by atoms with E-state index in [0.717, 1.165) is 20.8 Å². The van der Waals surface area contributed by atoms with E-state index in [-0.39, 0.29) is 5.54 Å².